The zero-order chi connectivity index (χ0) is 14.9. The third-order valence-electron chi connectivity index (χ3n) is 3.80. The molecule has 1 N–H and O–H groups in total. The molecule has 0 unspecified atom stereocenters. The third kappa shape index (κ3) is 2.73. The molecule has 21 heavy (non-hydrogen) atoms. The maximum atomic E-state index is 12.3. The summed E-state index contributed by atoms with van der Waals surface area (Å²) in [5.74, 6) is 0.209. The molecule has 6 heteroatoms. The van der Waals surface area contributed by atoms with Gasteiger partial charge >= 0.3 is 0 Å². The Hall–Kier alpha value is -1.66. The Balaban J connectivity index is 1.94. The summed E-state index contributed by atoms with van der Waals surface area (Å²) in [4.78, 5) is 0. The van der Waals surface area contributed by atoms with Crippen LogP contribution in [0.25, 0.3) is 11.3 Å². The van der Waals surface area contributed by atoms with Gasteiger partial charge in [-0.05, 0) is 6.42 Å². The lowest BCUT2D eigenvalue weighted by atomic mass is 10.0. The SMILES string of the molecule is CCCS(=O)(=O)N1CCc2[nH]nc(-c3ccccc3)c2C1. The molecule has 0 aliphatic carbocycles. The number of nitrogens with one attached hydrogen (secondary N) is 1. The van der Waals surface area contributed by atoms with Gasteiger partial charge in [-0.3, -0.25) is 5.10 Å². The van der Waals surface area contributed by atoms with Crippen LogP contribution in [0.2, 0.25) is 0 Å². The van der Waals surface area contributed by atoms with E-state index in [-0.39, 0.29) is 5.75 Å². The zero-order valence-electron chi connectivity index (χ0n) is 12.0. The second kappa shape index (κ2) is 5.61. The lowest BCUT2D eigenvalue weighted by molar-refractivity contribution is 0.390. The van der Waals surface area contributed by atoms with Gasteiger partial charge in [-0.25, -0.2) is 8.42 Å². The van der Waals surface area contributed by atoms with E-state index in [0.29, 0.717) is 25.9 Å². The monoisotopic (exact) mass is 305 g/mol. The Labute approximate surface area is 125 Å². The first-order chi connectivity index (χ1) is 10.1. The molecule has 0 fully saturated rings. The quantitative estimate of drug-likeness (QED) is 0.941. The number of aromatic nitrogens is 2. The average Bonchev–Trinajstić information content (AvgIpc) is 2.91. The predicted molar refractivity (Wildman–Crippen MR) is 82.2 cm³/mol. The van der Waals surface area contributed by atoms with E-state index in [1.54, 1.807) is 4.31 Å². The summed E-state index contributed by atoms with van der Waals surface area (Å²) in [5.41, 5.74) is 3.94. The number of hydrogen-bond donors (Lipinski definition) is 1. The van der Waals surface area contributed by atoms with E-state index in [0.717, 1.165) is 22.5 Å². The van der Waals surface area contributed by atoms with Crippen LogP contribution in [0.15, 0.2) is 30.3 Å². The summed E-state index contributed by atoms with van der Waals surface area (Å²) in [7, 11) is -3.16. The molecule has 0 atom stereocenters. The van der Waals surface area contributed by atoms with Crippen molar-refractivity contribution in [3.8, 4) is 11.3 Å². The van der Waals surface area contributed by atoms with Gasteiger partial charge in [0.15, 0.2) is 0 Å². The maximum absolute atomic E-state index is 12.3. The highest BCUT2D eigenvalue weighted by molar-refractivity contribution is 7.89. The molecular weight excluding hydrogens is 286 g/mol. The highest BCUT2D eigenvalue weighted by Crippen LogP contribution is 2.29. The van der Waals surface area contributed by atoms with E-state index < -0.39 is 10.0 Å². The first-order valence-corrected chi connectivity index (χ1v) is 8.82. The molecule has 0 amide bonds. The van der Waals surface area contributed by atoms with Crippen LogP contribution in [-0.4, -0.2) is 35.2 Å². The molecule has 2 heterocycles. The predicted octanol–water partition coefficient (Wildman–Crippen LogP) is 2.17. The van der Waals surface area contributed by atoms with Crippen LogP contribution in [0.4, 0.5) is 0 Å². The molecule has 2 aromatic rings. The van der Waals surface area contributed by atoms with E-state index in [1.807, 2.05) is 37.3 Å². The number of benzene rings is 1. The molecule has 112 valence electrons. The van der Waals surface area contributed by atoms with Gasteiger partial charge in [-0.1, -0.05) is 37.3 Å². The van der Waals surface area contributed by atoms with Crippen molar-refractivity contribution >= 4 is 10.0 Å². The minimum absolute atomic E-state index is 0.209. The molecular formula is C15H19N3O2S. The van der Waals surface area contributed by atoms with Crippen LogP contribution >= 0.6 is 0 Å². The Bertz CT molecular complexity index is 723. The van der Waals surface area contributed by atoms with Crippen molar-refractivity contribution in [1.29, 1.82) is 0 Å². The molecule has 0 saturated heterocycles. The van der Waals surface area contributed by atoms with Gasteiger partial charge in [0, 0.05) is 36.3 Å². The number of hydrogen-bond acceptors (Lipinski definition) is 3. The second-order valence-electron chi connectivity index (χ2n) is 5.29. The Morgan fingerprint density at radius 2 is 2.05 bits per heavy atom. The summed E-state index contributed by atoms with van der Waals surface area (Å²) in [6.07, 6.45) is 1.33. The van der Waals surface area contributed by atoms with E-state index in [9.17, 15) is 8.42 Å². The van der Waals surface area contributed by atoms with Crippen molar-refractivity contribution < 1.29 is 8.42 Å². The van der Waals surface area contributed by atoms with Crippen molar-refractivity contribution in [2.24, 2.45) is 0 Å². The first kappa shape index (κ1) is 14.3. The fraction of sp³-hybridized carbons (Fsp3) is 0.400. The van der Waals surface area contributed by atoms with E-state index in [2.05, 4.69) is 10.2 Å². The number of sulfonamides is 1. The van der Waals surface area contributed by atoms with Gasteiger partial charge in [0.1, 0.15) is 0 Å². The lowest BCUT2D eigenvalue weighted by Crippen LogP contribution is -2.37. The van der Waals surface area contributed by atoms with Crippen molar-refractivity contribution in [2.75, 3.05) is 12.3 Å². The fourth-order valence-corrected chi connectivity index (χ4v) is 4.20. The highest BCUT2D eigenvalue weighted by atomic mass is 32.2. The van der Waals surface area contributed by atoms with Crippen molar-refractivity contribution in [3.05, 3.63) is 41.6 Å². The smallest absolute Gasteiger partial charge is 0.214 e. The summed E-state index contributed by atoms with van der Waals surface area (Å²) in [6.45, 7) is 2.84. The van der Waals surface area contributed by atoms with Gasteiger partial charge in [0.05, 0.1) is 11.4 Å². The molecule has 1 aliphatic heterocycles. The van der Waals surface area contributed by atoms with Gasteiger partial charge < -0.3 is 0 Å². The van der Waals surface area contributed by atoms with Gasteiger partial charge in [-0.15, -0.1) is 0 Å². The van der Waals surface area contributed by atoms with Crippen LogP contribution in [-0.2, 0) is 23.0 Å². The number of H-pyrrole nitrogens is 1. The lowest BCUT2D eigenvalue weighted by Gasteiger charge is -2.26. The van der Waals surface area contributed by atoms with E-state index >= 15 is 0 Å². The first-order valence-electron chi connectivity index (χ1n) is 7.21. The fourth-order valence-electron chi connectivity index (χ4n) is 2.73. The summed E-state index contributed by atoms with van der Waals surface area (Å²) >= 11 is 0. The Morgan fingerprint density at radius 1 is 1.29 bits per heavy atom. The minimum Gasteiger partial charge on any atom is -0.282 e. The van der Waals surface area contributed by atoms with Crippen LogP contribution in [0.1, 0.15) is 24.6 Å². The average molecular weight is 305 g/mol. The Morgan fingerprint density at radius 3 is 2.76 bits per heavy atom. The third-order valence-corrected chi connectivity index (χ3v) is 5.82. The molecule has 1 aromatic heterocycles. The standard InChI is InChI=1S/C15H19N3O2S/c1-2-10-21(19,20)18-9-8-14-13(11-18)15(17-16-14)12-6-4-3-5-7-12/h3-7H,2,8-11H2,1H3,(H,16,17). The number of fused-ring (bicyclic) bond motifs is 1. The van der Waals surface area contributed by atoms with Gasteiger partial charge in [0.2, 0.25) is 10.0 Å². The molecule has 0 radical (unpaired) electrons. The summed E-state index contributed by atoms with van der Waals surface area (Å²) < 4.78 is 26.1. The van der Waals surface area contributed by atoms with Crippen LogP contribution in [0.3, 0.4) is 0 Å². The molecule has 1 aromatic carbocycles. The van der Waals surface area contributed by atoms with Crippen LogP contribution < -0.4 is 0 Å². The summed E-state index contributed by atoms with van der Waals surface area (Å²) in [5, 5.41) is 7.44. The van der Waals surface area contributed by atoms with E-state index in [1.165, 1.54) is 0 Å². The highest BCUT2D eigenvalue weighted by Gasteiger charge is 2.29. The molecule has 0 saturated carbocycles. The van der Waals surface area contributed by atoms with Crippen molar-refractivity contribution in [3.63, 3.8) is 0 Å². The number of rotatable bonds is 4. The molecule has 5 nitrogen and oxygen atoms in total. The number of aromatic amines is 1. The van der Waals surface area contributed by atoms with Crippen LogP contribution in [0, 0.1) is 0 Å². The molecule has 0 bridgehead atoms. The second-order valence-corrected chi connectivity index (χ2v) is 7.38. The Kier molecular flexibility index (Phi) is 3.82. The van der Waals surface area contributed by atoms with Gasteiger partial charge in [0.25, 0.3) is 0 Å². The van der Waals surface area contributed by atoms with Crippen molar-refractivity contribution in [1.82, 2.24) is 14.5 Å². The molecule has 3 rings (SSSR count). The van der Waals surface area contributed by atoms with Crippen LogP contribution in [0.5, 0.6) is 0 Å². The topological polar surface area (TPSA) is 66.1 Å². The van der Waals surface area contributed by atoms with Crippen molar-refractivity contribution in [2.45, 2.75) is 26.3 Å². The van der Waals surface area contributed by atoms with E-state index in [4.69, 9.17) is 0 Å². The minimum atomic E-state index is -3.16. The molecule has 1 aliphatic rings. The maximum Gasteiger partial charge on any atom is 0.214 e. The normalized spacial score (nSPS) is 15.9. The van der Waals surface area contributed by atoms with Gasteiger partial charge in [-0.2, -0.15) is 9.40 Å². The molecule has 0 spiro atoms. The largest absolute Gasteiger partial charge is 0.282 e. The number of nitrogens with zero attached hydrogens (tertiary/aromatic N) is 2. The zero-order valence-corrected chi connectivity index (χ0v) is 12.9. The summed E-state index contributed by atoms with van der Waals surface area (Å²) in [6, 6.07) is 9.88.